The van der Waals surface area contributed by atoms with Gasteiger partial charge in [0, 0.05) is 12.3 Å². The molecule has 2 heterocycles. The van der Waals surface area contributed by atoms with Crippen molar-refractivity contribution in [1.82, 2.24) is 9.78 Å². The van der Waals surface area contributed by atoms with E-state index in [2.05, 4.69) is 17.0 Å². The number of halogens is 1. The van der Waals surface area contributed by atoms with Gasteiger partial charge in [0.25, 0.3) is 5.91 Å². The van der Waals surface area contributed by atoms with Gasteiger partial charge in [-0.05, 0) is 47.9 Å². The second kappa shape index (κ2) is 9.78. The standard InChI is InChI=1S/C25H22FN3O3/c1-2-6-19-8-3-4-10-22(19)31-17-21-11-12-23(32-21)25(30)27-24-13-14-29(28-24)16-18-7-5-9-20(26)15-18/h2-5,7-15H,1,6,16-17H2,(H,27,28,30). The molecule has 162 valence electrons. The number of aromatic nitrogens is 2. The van der Waals surface area contributed by atoms with Crippen LogP contribution in [0.15, 0.2) is 90.0 Å². The van der Waals surface area contributed by atoms with E-state index in [1.54, 1.807) is 35.1 Å². The highest BCUT2D eigenvalue weighted by Gasteiger charge is 2.14. The Bertz CT molecular complexity index is 1230. The number of allylic oxidation sites excluding steroid dienone is 1. The smallest absolute Gasteiger partial charge is 0.292 e. The monoisotopic (exact) mass is 431 g/mol. The lowest BCUT2D eigenvalue weighted by atomic mass is 10.1. The number of ether oxygens (including phenoxy) is 1. The highest BCUT2D eigenvalue weighted by atomic mass is 19.1. The third kappa shape index (κ3) is 5.31. The number of rotatable bonds is 9. The third-order valence-electron chi connectivity index (χ3n) is 4.71. The molecule has 4 rings (SSSR count). The Labute approximate surface area is 184 Å². The molecule has 0 saturated heterocycles. The first-order valence-electron chi connectivity index (χ1n) is 10.1. The van der Waals surface area contributed by atoms with E-state index >= 15 is 0 Å². The molecule has 32 heavy (non-hydrogen) atoms. The molecule has 0 spiro atoms. The molecular formula is C25H22FN3O3. The predicted octanol–water partition coefficient (Wildman–Crippen LogP) is 5.22. The van der Waals surface area contributed by atoms with Gasteiger partial charge >= 0.3 is 0 Å². The molecule has 7 heteroatoms. The Balaban J connectivity index is 1.34. The number of hydrogen-bond acceptors (Lipinski definition) is 4. The van der Waals surface area contributed by atoms with Crippen molar-refractivity contribution in [2.24, 2.45) is 0 Å². The lowest BCUT2D eigenvalue weighted by molar-refractivity contribution is 0.0992. The molecule has 0 aliphatic carbocycles. The number of para-hydroxylation sites is 1. The van der Waals surface area contributed by atoms with Gasteiger partial charge in [0.2, 0.25) is 0 Å². The maximum absolute atomic E-state index is 13.3. The van der Waals surface area contributed by atoms with Crippen LogP contribution in [0.4, 0.5) is 10.2 Å². The summed E-state index contributed by atoms with van der Waals surface area (Å²) in [5, 5.41) is 7.00. The summed E-state index contributed by atoms with van der Waals surface area (Å²) in [7, 11) is 0. The molecule has 0 aliphatic heterocycles. The predicted molar refractivity (Wildman–Crippen MR) is 119 cm³/mol. The van der Waals surface area contributed by atoms with E-state index in [-0.39, 0.29) is 18.2 Å². The van der Waals surface area contributed by atoms with Crippen LogP contribution < -0.4 is 10.1 Å². The van der Waals surface area contributed by atoms with Gasteiger partial charge in [-0.3, -0.25) is 9.48 Å². The Morgan fingerprint density at radius 3 is 2.88 bits per heavy atom. The highest BCUT2D eigenvalue weighted by molar-refractivity contribution is 6.01. The molecule has 0 bridgehead atoms. The van der Waals surface area contributed by atoms with Crippen molar-refractivity contribution >= 4 is 11.7 Å². The summed E-state index contributed by atoms with van der Waals surface area (Å²) in [5.41, 5.74) is 1.80. The largest absolute Gasteiger partial charge is 0.485 e. The van der Waals surface area contributed by atoms with E-state index < -0.39 is 5.91 Å². The van der Waals surface area contributed by atoms with E-state index in [0.29, 0.717) is 24.5 Å². The zero-order valence-electron chi connectivity index (χ0n) is 17.3. The number of nitrogens with one attached hydrogen (secondary N) is 1. The quantitative estimate of drug-likeness (QED) is 0.369. The second-order valence-corrected chi connectivity index (χ2v) is 7.14. The van der Waals surface area contributed by atoms with Gasteiger partial charge in [0.1, 0.15) is 23.9 Å². The molecular weight excluding hydrogens is 409 g/mol. The first-order chi connectivity index (χ1) is 15.6. The normalized spacial score (nSPS) is 10.7. The summed E-state index contributed by atoms with van der Waals surface area (Å²) in [6.45, 7) is 4.35. The van der Waals surface area contributed by atoms with Crippen molar-refractivity contribution in [2.45, 2.75) is 19.6 Å². The minimum Gasteiger partial charge on any atom is -0.485 e. The van der Waals surface area contributed by atoms with E-state index in [1.165, 1.54) is 12.1 Å². The molecule has 0 fully saturated rings. The molecule has 2 aromatic heterocycles. The number of hydrogen-bond donors (Lipinski definition) is 1. The first kappa shape index (κ1) is 21.1. The summed E-state index contributed by atoms with van der Waals surface area (Å²) in [4.78, 5) is 12.5. The third-order valence-corrected chi connectivity index (χ3v) is 4.71. The van der Waals surface area contributed by atoms with E-state index in [4.69, 9.17) is 9.15 Å². The molecule has 0 radical (unpaired) electrons. The fraction of sp³-hybridized carbons (Fsp3) is 0.120. The number of furan rings is 1. The summed E-state index contributed by atoms with van der Waals surface area (Å²) >= 11 is 0. The molecule has 0 atom stereocenters. The van der Waals surface area contributed by atoms with Gasteiger partial charge in [-0.2, -0.15) is 5.10 Å². The Hall–Kier alpha value is -4.13. The number of amides is 1. The molecule has 1 N–H and O–H groups in total. The zero-order chi connectivity index (χ0) is 22.3. The van der Waals surface area contributed by atoms with Crippen molar-refractivity contribution in [3.63, 3.8) is 0 Å². The maximum Gasteiger partial charge on any atom is 0.292 e. The molecule has 0 unspecified atom stereocenters. The fourth-order valence-corrected chi connectivity index (χ4v) is 3.21. The van der Waals surface area contributed by atoms with Crippen molar-refractivity contribution in [3.05, 3.63) is 114 Å². The number of anilines is 1. The van der Waals surface area contributed by atoms with Crippen molar-refractivity contribution in [3.8, 4) is 5.75 Å². The van der Waals surface area contributed by atoms with Crippen LogP contribution >= 0.6 is 0 Å². The molecule has 2 aromatic carbocycles. The first-order valence-corrected chi connectivity index (χ1v) is 10.1. The minimum atomic E-state index is -0.417. The molecule has 1 amide bonds. The molecule has 0 aliphatic rings. The fourth-order valence-electron chi connectivity index (χ4n) is 3.21. The van der Waals surface area contributed by atoms with Gasteiger partial charge < -0.3 is 14.5 Å². The van der Waals surface area contributed by atoms with E-state index in [9.17, 15) is 9.18 Å². The highest BCUT2D eigenvalue weighted by Crippen LogP contribution is 2.21. The number of carbonyl (C=O) groups excluding carboxylic acids is 1. The van der Waals surface area contributed by atoms with Gasteiger partial charge in [-0.25, -0.2) is 4.39 Å². The molecule has 4 aromatic rings. The summed E-state index contributed by atoms with van der Waals surface area (Å²) < 4.78 is 26.4. The maximum atomic E-state index is 13.3. The van der Waals surface area contributed by atoms with Crippen LogP contribution in [0.2, 0.25) is 0 Å². The van der Waals surface area contributed by atoms with E-state index in [1.807, 2.05) is 36.4 Å². The Kier molecular flexibility index (Phi) is 6.46. The summed E-state index contributed by atoms with van der Waals surface area (Å²) in [6, 6.07) is 19.0. The Morgan fingerprint density at radius 2 is 2.03 bits per heavy atom. The number of benzene rings is 2. The topological polar surface area (TPSA) is 69.3 Å². The lowest BCUT2D eigenvalue weighted by Gasteiger charge is -2.08. The minimum absolute atomic E-state index is 0.155. The average Bonchev–Trinajstić information content (AvgIpc) is 3.43. The van der Waals surface area contributed by atoms with Gasteiger partial charge in [0.05, 0.1) is 6.54 Å². The molecule has 6 nitrogen and oxygen atoms in total. The zero-order valence-corrected chi connectivity index (χ0v) is 17.3. The number of nitrogens with zero attached hydrogens (tertiary/aromatic N) is 2. The van der Waals surface area contributed by atoms with Gasteiger partial charge in [-0.15, -0.1) is 6.58 Å². The summed E-state index contributed by atoms with van der Waals surface area (Å²) in [5.74, 6) is 1.09. The SMILES string of the molecule is C=CCc1ccccc1OCc1ccc(C(=O)Nc2ccn(Cc3cccc(F)c3)n2)o1. The van der Waals surface area contributed by atoms with Crippen LogP contribution in [0.1, 0.15) is 27.4 Å². The van der Waals surface area contributed by atoms with Crippen LogP contribution in [0.25, 0.3) is 0 Å². The number of carbonyl (C=O) groups is 1. The second-order valence-electron chi connectivity index (χ2n) is 7.14. The van der Waals surface area contributed by atoms with Gasteiger partial charge in [-0.1, -0.05) is 36.4 Å². The van der Waals surface area contributed by atoms with Crippen LogP contribution in [0.5, 0.6) is 5.75 Å². The lowest BCUT2D eigenvalue weighted by Crippen LogP contribution is -2.12. The van der Waals surface area contributed by atoms with Crippen LogP contribution in [-0.4, -0.2) is 15.7 Å². The Morgan fingerprint density at radius 1 is 1.16 bits per heavy atom. The van der Waals surface area contributed by atoms with Crippen LogP contribution in [-0.2, 0) is 19.6 Å². The van der Waals surface area contributed by atoms with Crippen LogP contribution in [0.3, 0.4) is 0 Å². The van der Waals surface area contributed by atoms with Crippen LogP contribution in [0, 0.1) is 5.82 Å². The van der Waals surface area contributed by atoms with Gasteiger partial charge in [0.15, 0.2) is 11.6 Å². The van der Waals surface area contributed by atoms with E-state index in [0.717, 1.165) is 16.9 Å². The van der Waals surface area contributed by atoms with Crippen molar-refractivity contribution in [2.75, 3.05) is 5.32 Å². The summed E-state index contributed by atoms with van der Waals surface area (Å²) in [6.07, 6.45) is 4.23. The average molecular weight is 431 g/mol. The van der Waals surface area contributed by atoms with Crippen molar-refractivity contribution < 1.29 is 18.3 Å². The molecule has 0 saturated carbocycles. The van der Waals surface area contributed by atoms with Crippen molar-refractivity contribution in [1.29, 1.82) is 0 Å².